The van der Waals surface area contributed by atoms with E-state index in [1.807, 2.05) is 0 Å². The number of rotatable bonds is 4. The highest BCUT2D eigenvalue weighted by Crippen LogP contribution is 2.22. The summed E-state index contributed by atoms with van der Waals surface area (Å²) in [5.41, 5.74) is 0. The van der Waals surface area contributed by atoms with E-state index in [1.54, 1.807) is 0 Å². The van der Waals surface area contributed by atoms with Gasteiger partial charge in [0, 0.05) is 31.2 Å². The second kappa shape index (κ2) is 5.56. The van der Waals surface area contributed by atoms with Crippen LogP contribution in [0.5, 0.6) is 0 Å². The molecule has 1 aliphatic heterocycles. The van der Waals surface area contributed by atoms with E-state index in [1.165, 1.54) is 11.5 Å². The summed E-state index contributed by atoms with van der Waals surface area (Å²) in [7, 11) is 0. The van der Waals surface area contributed by atoms with Crippen molar-refractivity contribution in [2.75, 3.05) is 38.1 Å². The van der Waals surface area contributed by atoms with Crippen LogP contribution in [0.15, 0.2) is 0 Å². The molecule has 6 heteroatoms. The molecule has 1 aromatic rings. The van der Waals surface area contributed by atoms with Gasteiger partial charge >= 0.3 is 0 Å². The number of anilines is 1. The monoisotopic (exact) mass is 242 g/mol. The fourth-order valence-corrected chi connectivity index (χ4v) is 2.42. The third kappa shape index (κ3) is 2.69. The maximum absolute atomic E-state index is 5.70. The molecule has 5 nitrogen and oxygen atoms in total. The van der Waals surface area contributed by atoms with Crippen LogP contribution >= 0.6 is 11.5 Å². The fraction of sp³-hybridized carbons (Fsp3) is 0.800. The first-order valence-corrected chi connectivity index (χ1v) is 6.52. The van der Waals surface area contributed by atoms with Crippen molar-refractivity contribution in [1.29, 1.82) is 0 Å². The predicted octanol–water partition coefficient (Wildman–Crippen LogP) is 1.36. The SMILES string of the molecule is CCNc1nc(C2CN(CC)CCO2)ns1. The third-order valence-electron chi connectivity index (χ3n) is 2.66. The smallest absolute Gasteiger partial charge is 0.202 e. The zero-order valence-corrected chi connectivity index (χ0v) is 10.6. The molecule has 16 heavy (non-hydrogen) atoms. The number of aromatic nitrogens is 2. The average Bonchev–Trinajstić information content (AvgIpc) is 2.78. The summed E-state index contributed by atoms with van der Waals surface area (Å²) in [5.74, 6) is 0.819. The molecule has 0 aliphatic carbocycles. The topological polar surface area (TPSA) is 50.3 Å². The van der Waals surface area contributed by atoms with Crippen molar-refractivity contribution >= 4 is 16.7 Å². The lowest BCUT2D eigenvalue weighted by atomic mass is 10.2. The van der Waals surface area contributed by atoms with Crippen LogP contribution in [0, 0.1) is 0 Å². The van der Waals surface area contributed by atoms with Gasteiger partial charge in [0.05, 0.1) is 6.61 Å². The Labute approximate surface area is 100.0 Å². The van der Waals surface area contributed by atoms with Gasteiger partial charge in [-0.05, 0) is 13.5 Å². The van der Waals surface area contributed by atoms with Gasteiger partial charge in [-0.2, -0.15) is 4.37 Å². The van der Waals surface area contributed by atoms with E-state index >= 15 is 0 Å². The van der Waals surface area contributed by atoms with E-state index < -0.39 is 0 Å². The first kappa shape index (κ1) is 11.8. The van der Waals surface area contributed by atoms with Gasteiger partial charge in [0.1, 0.15) is 6.10 Å². The van der Waals surface area contributed by atoms with Crippen LogP contribution in [0.4, 0.5) is 5.13 Å². The molecule has 1 N–H and O–H groups in total. The maximum Gasteiger partial charge on any atom is 0.202 e. The summed E-state index contributed by atoms with van der Waals surface area (Å²) < 4.78 is 10.0. The standard InChI is InChI=1S/C10H18N4OS/c1-3-11-10-12-9(13-16-10)8-7-14(4-2)5-6-15-8/h8H,3-7H2,1-2H3,(H,11,12,13). The molecular weight excluding hydrogens is 224 g/mol. The summed E-state index contributed by atoms with van der Waals surface area (Å²) >= 11 is 1.41. The molecular formula is C10H18N4OS. The van der Waals surface area contributed by atoms with E-state index in [2.05, 4.69) is 33.4 Å². The van der Waals surface area contributed by atoms with Gasteiger partial charge in [-0.25, -0.2) is 4.98 Å². The molecule has 1 saturated heterocycles. The molecule has 0 amide bonds. The van der Waals surface area contributed by atoms with E-state index in [0.717, 1.165) is 43.7 Å². The lowest BCUT2D eigenvalue weighted by Crippen LogP contribution is -2.38. The summed E-state index contributed by atoms with van der Waals surface area (Å²) in [6, 6.07) is 0. The molecule has 0 saturated carbocycles. The Morgan fingerprint density at radius 3 is 3.19 bits per heavy atom. The Morgan fingerprint density at radius 2 is 2.44 bits per heavy atom. The molecule has 1 aromatic heterocycles. The lowest BCUT2D eigenvalue weighted by molar-refractivity contribution is -0.0319. The van der Waals surface area contributed by atoms with Crippen molar-refractivity contribution in [1.82, 2.24) is 14.3 Å². The zero-order valence-electron chi connectivity index (χ0n) is 9.77. The van der Waals surface area contributed by atoms with Crippen molar-refractivity contribution in [3.63, 3.8) is 0 Å². The maximum atomic E-state index is 5.70. The van der Waals surface area contributed by atoms with Gasteiger partial charge < -0.3 is 10.1 Å². The van der Waals surface area contributed by atoms with E-state index in [0.29, 0.717) is 0 Å². The van der Waals surface area contributed by atoms with Crippen LogP contribution in [-0.4, -0.2) is 47.0 Å². The first-order chi connectivity index (χ1) is 7.83. The van der Waals surface area contributed by atoms with Crippen molar-refractivity contribution in [2.24, 2.45) is 0 Å². The van der Waals surface area contributed by atoms with Gasteiger partial charge in [0.15, 0.2) is 5.82 Å². The quantitative estimate of drug-likeness (QED) is 0.864. The van der Waals surface area contributed by atoms with Gasteiger partial charge in [-0.1, -0.05) is 6.92 Å². The molecule has 1 aliphatic rings. The fourth-order valence-electron chi connectivity index (χ4n) is 1.73. The number of ether oxygens (including phenoxy) is 1. The molecule has 0 aromatic carbocycles. The van der Waals surface area contributed by atoms with Crippen LogP contribution < -0.4 is 5.32 Å². The molecule has 2 heterocycles. The second-order valence-electron chi connectivity index (χ2n) is 3.74. The molecule has 0 spiro atoms. The van der Waals surface area contributed by atoms with Gasteiger partial charge in [-0.15, -0.1) is 0 Å². The normalized spacial score (nSPS) is 22.2. The Kier molecular flexibility index (Phi) is 4.09. The predicted molar refractivity (Wildman–Crippen MR) is 64.9 cm³/mol. The molecule has 1 atom stereocenters. The van der Waals surface area contributed by atoms with Crippen molar-refractivity contribution < 1.29 is 4.74 Å². The number of hydrogen-bond donors (Lipinski definition) is 1. The molecule has 0 radical (unpaired) electrons. The number of nitrogens with one attached hydrogen (secondary N) is 1. The van der Waals surface area contributed by atoms with Crippen LogP contribution in [0.1, 0.15) is 25.8 Å². The van der Waals surface area contributed by atoms with Crippen LogP contribution in [-0.2, 0) is 4.74 Å². The first-order valence-electron chi connectivity index (χ1n) is 5.75. The highest BCUT2D eigenvalue weighted by atomic mass is 32.1. The highest BCUT2D eigenvalue weighted by Gasteiger charge is 2.24. The van der Waals surface area contributed by atoms with Crippen LogP contribution in [0.25, 0.3) is 0 Å². The minimum Gasteiger partial charge on any atom is -0.367 e. The summed E-state index contributed by atoms with van der Waals surface area (Å²) in [6.45, 7) is 8.84. The number of hydrogen-bond acceptors (Lipinski definition) is 6. The van der Waals surface area contributed by atoms with Gasteiger partial charge in [0.25, 0.3) is 0 Å². The van der Waals surface area contributed by atoms with E-state index in [-0.39, 0.29) is 6.10 Å². The van der Waals surface area contributed by atoms with E-state index in [4.69, 9.17) is 4.74 Å². The Morgan fingerprint density at radius 1 is 1.56 bits per heavy atom. The van der Waals surface area contributed by atoms with Gasteiger partial charge in [-0.3, -0.25) is 4.90 Å². The molecule has 2 rings (SSSR count). The zero-order chi connectivity index (χ0) is 11.4. The van der Waals surface area contributed by atoms with Crippen molar-refractivity contribution in [2.45, 2.75) is 20.0 Å². The molecule has 1 unspecified atom stereocenters. The Bertz CT molecular complexity index is 330. The van der Waals surface area contributed by atoms with Crippen LogP contribution in [0.2, 0.25) is 0 Å². The second-order valence-corrected chi connectivity index (χ2v) is 4.49. The number of morpholine rings is 1. The minimum absolute atomic E-state index is 0.0392. The van der Waals surface area contributed by atoms with Crippen molar-refractivity contribution in [3.8, 4) is 0 Å². The molecule has 1 fully saturated rings. The highest BCUT2D eigenvalue weighted by molar-refractivity contribution is 7.09. The molecule has 90 valence electrons. The van der Waals surface area contributed by atoms with E-state index in [9.17, 15) is 0 Å². The molecule has 0 bridgehead atoms. The Hall–Kier alpha value is -0.720. The lowest BCUT2D eigenvalue weighted by Gasteiger charge is -2.30. The summed E-state index contributed by atoms with van der Waals surface area (Å²) in [5, 5.41) is 4.05. The third-order valence-corrected chi connectivity index (χ3v) is 3.34. The number of nitrogens with zero attached hydrogens (tertiary/aromatic N) is 3. The summed E-state index contributed by atoms with van der Waals surface area (Å²) in [4.78, 5) is 6.80. The summed E-state index contributed by atoms with van der Waals surface area (Å²) in [6.07, 6.45) is 0.0392. The van der Waals surface area contributed by atoms with Crippen molar-refractivity contribution in [3.05, 3.63) is 5.82 Å². The Balaban J connectivity index is 1.99. The largest absolute Gasteiger partial charge is 0.367 e. The number of likely N-dealkylation sites (N-methyl/N-ethyl adjacent to an activating group) is 1. The van der Waals surface area contributed by atoms with Gasteiger partial charge in [0.2, 0.25) is 5.13 Å². The average molecular weight is 242 g/mol. The minimum atomic E-state index is 0.0392. The van der Waals surface area contributed by atoms with Crippen LogP contribution in [0.3, 0.4) is 0 Å².